The van der Waals surface area contributed by atoms with Crippen molar-refractivity contribution < 1.29 is 19.1 Å². The molecule has 0 saturated heterocycles. The molecule has 6 heteroatoms. The van der Waals surface area contributed by atoms with E-state index in [0.717, 1.165) is 11.3 Å². The first-order valence-electron chi connectivity index (χ1n) is 9.38. The Hall–Kier alpha value is -2.86. The van der Waals surface area contributed by atoms with Gasteiger partial charge in [-0.15, -0.1) is 0 Å². The second-order valence-corrected chi connectivity index (χ2v) is 6.83. The molecule has 0 aliphatic rings. The summed E-state index contributed by atoms with van der Waals surface area (Å²) in [6, 6.07) is 16.5. The van der Waals surface area contributed by atoms with Gasteiger partial charge < -0.3 is 20.1 Å². The van der Waals surface area contributed by atoms with Crippen molar-refractivity contribution in [1.29, 1.82) is 0 Å². The first-order valence-corrected chi connectivity index (χ1v) is 9.38. The van der Waals surface area contributed by atoms with Crippen LogP contribution >= 0.6 is 0 Å². The summed E-state index contributed by atoms with van der Waals surface area (Å²) in [6.45, 7) is 6.53. The molecule has 0 aliphatic heterocycles. The Balaban J connectivity index is 1.80. The number of carbonyl (C=O) groups excluding carboxylic acids is 2. The Morgan fingerprint density at radius 2 is 1.75 bits per heavy atom. The molecule has 28 heavy (non-hydrogen) atoms. The van der Waals surface area contributed by atoms with Crippen LogP contribution in [0.2, 0.25) is 0 Å². The van der Waals surface area contributed by atoms with Crippen LogP contribution in [0.15, 0.2) is 54.6 Å². The first-order chi connectivity index (χ1) is 13.5. The van der Waals surface area contributed by atoms with Gasteiger partial charge in [0.25, 0.3) is 0 Å². The largest absolute Gasteiger partial charge is 0.491 e. The molecule has 0 radical (unpaired) electrons. The van der Waals surface area contributed by atoms with Crippen LogP contribution in [0.1, 0.15) is 26.3 Å². The minimum Gasteiger partial charge on any atom is -0.491 e. The molecular formula is C22H28N2O4. The third-order valence-corrected chi connectivity index (χ3v) is 4.01. The molecule has 0 bridgehead atoms. The van der Waals surface area contributed by atoms with Crippen molar-refractivity contribution in [3.63, 3.8) is 0 Å². The summed E-state index contributed by atoms with van der Waals surface area (Å²) in [5, 5.41) is 5.54. The summed E-state index contributed by atoms with van der Waals surface area (Å²) in [5.74, 6) is 0.336. The summed E-state index contributed by atoms with van der Waals surface area (Å²) >= 11 is 0. The molecule has 2 aromatic rings. The molecule has 1 unspecified atom stereocenters. The molecule has 0 aliphatic carbocycles. The molecular weight excluding hydrogens is 356 g/mol. The van der Waals surface area contributed by atoms with Gasteiger partial charge in [0.15, 0.2) is 0 Å². The highest BCUT2D eigenvalue weighted by Crippen LogP contribution is 2.14. The van der Waals surface area contributed by atoms with Gasteiger partial charge in [-0.3, -0.25) is 9.59 Å². The molecule has 0 aromatic heterocycles. The molecule has 6 nitrogen and oxygen atoms in total. The fourth-order valence-electron chi connectivity index (χ4n) is 2.64. The van der Waals surface area contributed by atoms with Crippen LogP contribution in [-0.2, 0) is 20.9 Å². The van der Waals surface area contributed by atoms with Crippen LogP contribution in [0.3, 0.4) is 0 Å². The van der Waals surface area contributed by atoms with Crippen molar-refractivity contribution in [3.8, 4) is 5.75 Å². The molecule has 2 aromatic carbocycles. The lowest BCUT2D eigenvalue weighted by Gasteiger charge is -2.21. The lowest BCUT2D eigenvalue weighted by molar-refractivity contribution is -0.126. The number of nitrogens with one attached hydrogen (secondary N) is 2. The van der Waals surface area contributed by atoms with Gasteiger partial charge in [0.2, 0.25) is 11.8 Å². The minimum atomic E-state index is -0.576. The van der Waals surface area contributed by atoms with Crippen LogP contribution in [0, 0.1) is 5.92 Å². The molecule has 2 rings (SSSR count). The molecule has 2 amide bonds. The highest BCUT2D eigenvalue weighted by Gasteiger charge is 2.22. The van der Waals surface area contributed by atoms with Gasteiger partial charge in [0, 0.05) is 12.6 Å². The Morgan fingerprint density at radius 1 is 1.00 bits per heavy atom. The van der Waals surface area contributed by atoms with E-state index in [4.69, 9.17) is 9.47 Å². The summed E-state index contributed by atoms with van der Waals surface area (Å²) < 4.78 is 11.2. The zero-order valence-electron chi connectivity index (χ0n) is 16.6. The van der Waals surface area contributed by atoms with Crippen LogP contribution in [-0.4, -0.2) is 31.1 Å². The number of ether oxygens (including phenoxy) is 2. The fourth-order valence-corrected chi connectivity index (χ4v) is 2.64. The smallest absolute Gasteiger partial charge is 0.247 e. The number of carbonyl (C=O) groups is 2. The van der Waals surface area contributed by atoms with Crippen molar-refractivity contribution in [1.82, 2.24) is 5.32 Å². The molecule has 0 saturated carbocycles. The molecule has 0 spiro atoms. The lowest BCUT2D eigenvalue weighted by Crippen LogP contribution is -2.46. The van der Waals surface area contributed by atoms with E-state index in [-0.39, 0.29) is 17.7 Å². The highest BCUT2D eigenvalue weighted by molar-refractivity contribution is 5.97. The fraction of sp³-hybridized carbons (Fsp3) is 0.364. The van der Waals surface area contributed by atoms with Gasteiger partial charge in [-0.2, -0.15) is 0 Å². The second kappa shape index (κ2) is 11.1. The maximum Gasteiger partial charge on any atom is 0.247 e. The van der Waals surface area contributed by atoms with E-state index >= 15 is 0 Å². The molecule has 0 fully saturated rings. The average Bonchev–Trinajstić information content (AvgIpc) is 2.66. The summed E-state index contributed by atoms with van der Waals surface area (Å²) in [7, 11) is 0. The quantitative estimate of drug-likeness (QED) is 0.616. The van der Waals surface area contributed by atoms with E-state index in [1.807, 2.05) is 68.4 Å². The summed E-state index contributed by atoms with van der Waals surface area (Å²) in [4.78, 5) is 23.8. The maximum absolute atomic E-state index is 12.5. The van der Waals surface area contributed by atoms with Gasteiger partial charge in [-0.05, 0) is 35.7 Å². The number of hydrogen-bond donors (Lipinski definition) is 2. The zero-order valence-corrected chi connectivity index (χ0v) is 16.6. The number of anilines is 1. The Bertz CT molecular complexity index is 762. The average molecular weight is 384 g/mol. The SMILES string of the molecule is CC(=O)NC(C(=O)Nc1cccc(COCCOc2ccccc2)c1)C(C)C. The summed E-state index contributed by atoms with van der Waals surface area (Å²) in [6.07, 6.45) is 0. The monoisotopic (exact) mass is 384 g/mol. The number of amides is 2. The molecule has 0 heterocycles. The first kappa shape index (κ1) is 21.4. The van der Waals surface area contributed by atoms with Crippen LogP contribution in [0.4, 0.5) is 5.69 Å². The van der Waals surface area contributed by atoms with Crippen molar-refractivity contribution in [3.05, 3.63) is 60.2 Å². The van der Waals surface area contributed by atoms with Crippen molar-refractivity contribution >= 4 is 17.5 Å². The standard InChI is InChI=1S/C22H28N2O4/c1-16(2)21(23-17(3)25)22(26)24-19-9-7-8-18(14-19)15-27-12-13-28-20-10-5-4-6-11-20/h4-11,14,16,21H,12-13,15H2,1-3H3,(H,23,25)(H,24,26). The van der Waals surface area contributed by atoms with Gasteiger partial charge in [-0.1, -0.05) is 44.2 Å². The molecule has 150 valence electrons. The number of benzene rings is 2. The Morgan fingerprint density at radius 3 is 2.43 bits per heavy atom. The van der Waals surface area contributed by atoms with Gasteiger partial charge in [-0.25, -0.2) is 0 Å². The van der Waals surface area contributed by atoms with E-state index in [1.165, 1.54) is 6.92 Å². The van der Waals surface area contributed by atoms with Crippen LogP contribution in [0.25, 0.3) is 0 Å². The molecule has 2 N–H and O–H groups in total. The Labute approximate surface area is 166 Å². The van der Waals surface area contributed by atoms with E-state index in [9.17, 15) is 9.59 Å². The third-order valence-electron chi connectivity index (χ3n) is 4.01. The Kier molecular flexibility index (Phi) is 8.49. The van der Waals surface area contributed by atoms with E-state index in [0.29, 0.717) is 25.5 Å². The number of para-hydroxylation sites is 1. The number of hydrogen-bond acceptors (Lipinski definition) is 4. The van der Waals surface area contributed by atoms with E-state index in [2.05, 4.69) is 10.6 Å². The predicted octanol–water partition coefficient (Wildman–Crippen LogP) is 3.38. The highest BCUT2D eigenvalue weighted by atomic mass is 16.5. The van der Waals surface area contributed by atoms with Crippen molar-refractivity contribution in [2.45, 2.75) is 33.4 Å². The van der Waals surface area contributed by atoms with Crippen LogP contribution in [0.5, 0.6) is 5.75 Å². The van der Waals surface area contributed by atoms with Crippen LogP contribution < -0.4 is 15.4 Å². The maximum atomic E-state index is 12.5. The van der Waals surface area contributed by atoms with E-state index < -0.39 is 6.04 Å². The molecule has 1 atom stereocenters. The van der Waals surface area contributed by atoms with Gasteiger partial charge >= 0.3 is 0 Å². The lowest BCUT2D eigenvalue weighted by atomic mass is 10.0. The minimum absolute atomic E-state index is 0.0139. The normalized spacial score (nSPS) is 11.7. The summed E-state index contributed by atoms with van der Waals surface area (Å²) in [5.41, 5.74) is 1.61. The second-order valence-electron chi connectivity index (χ2n) is 6.83. The van der Waals surface area contributed by atoms with Gasteiger partial charge in [0.1, 0.15) is 18.4 Å². The zero-order chi connectivity index (χ0) is 20.4. The number of rotatable bonds is 10. The predicted molar refractivity (Wildman–Crippen MR) is 109 cm³/mol. The van der Waals surface area contributed by atoms with Crippen molar-refractivity contribution in [2.75, 3.05) is 18.5 Å². The van der Waals surface area contributed by atoms with Gasteiger partial charge in [0.05, 0.1) is 13.2 Å². The third kappa shape index (κ3) is 7.40. The van der Waals surface area contributed by atoms with E-state index in [1.54, 1.807) is 0 Å². The van der Waals surface area contributed by atoms with Crippen molar-refractivity contribution in [2.24, 2.45) is 5.92 Å². The topological polar surface area (TPSA) is 76.7 Å².